The number of carbonyl (C=O) groups is 1. The molecule has 0 aliphatic heterocycles. The fourth-order valence-electron chi connectivity index (χ4n) is 3.67. The third-order valence-electron chi connectivity index (χ3n) is 5.43. The van der Waals surface area contributed by atoms with E-state index in [1.807, 2.05) is 0 Å². The van der Waals surface area contributed by atoms with E-state index in [1.54, 1.807) is 54.6 Å². The van der Waals surface area contributed by atoms with Crippen molar-refractivity contribution in [1.29, 1.82) is 0 Å². The molecule has 10 heteroatoms. The summed E-state index contributed by atoms with van der Waals surface area (Å²) >= 11 is 5.49. The fourth-order valence-corrected chi connectivity index (χ4v) is 3.96. The Kier molecular flexibility index (Phi) is 6.74. The first-order chi connectivity index (χ1) is 16.9. The van der Waals surface area contributed by atoms with Crippen molar-refractivity contribution in [2.24, 2.45) is 0 Å². The van der Waals surface area contributed by atoms with Gasteiger partial charge in [-0.15, -0.1) is 0 Å². The molecule has 0 fully saturated rings. The third-order valence-corrected chi connectivity index (χ3v) is 5.71. The topological polar surface area (TPSA) is 104 Å². The molecular weight excluding hydrogens is 470 g/mol. The molecule has 0 radical (unpaired) electrons. The summed E-state index contributed by atoms with van der Waals surface area (Å²) in [4.78, 5) is 29.3. The number of methoxy groups -OCH3 is 4. The fraction of sp³-hybridized carbons (Fsp3) is 0.160. The number of amides is 1. The third kappa shape index (κ3) is 4.56. The molecule has 35 heavy (non-hydrogen) atoms. The number of hydrogen-bond donors (Lipinski definition) is 2. The van der Waals surface area contributed by atoms with Gasteiger partial charge in [0.2, 0.25) is 0 Å². The number of aromatic amines is 1. The second kappa shape index (κ2) is 9.90. The summed E-state index contributed by atoms with van der Waals surface area (Å²) in [6.07, 6.45) is 0. The Morgan fingerprint density at radius 1 is 0.857 bits per heavy atom. The molecule has 0 atom stereocenters. The van der Waals surface area contributed by atoms with Gasteiger partial charge in [0.15, 0.2) is 16.3 Å². The first-order valence-corrected chi connectivity index (χ1v) is 10.9. The van der Waals surface area contributed by atoms with Crippen LogP contribution in [0.2, 0.25) is 0 Å². The highest BCUT2D eigenvalue weighted by atomic mass is 32.1. The van der Waals surface area contributed by atoms with Gasteiger partial charge in [-0.2, -0.15) is 0 Å². The van der Waals surface area contributed by atoms with Gasteiger partial charge in [0, 0.05) is 23.4 Å². The maximum absolute atomic E-state index is 13.4. The van der Waals surface area contributed by atoms with Crippen LogP contribution in [0, 0.1) is 4.77 Å². The number of carbonyl (C=O) groups excluding carboxylic acids is 1. The maximum Gasteiger partial charge on any atom is 0.266 e. The number of nitrogens with zero attached hydrogens (tertiary/aromatic N) is 1. The number of benzene rings is 3. The van der Waals surface area contributed by atoms with Crippen LogP contribution in [0.3, 0.4) is 0 Å². The predicted molar refractivity (Wildman–Crippen MR) is 135 cm³/mol. The van der Waals surface area contributed by atoms with Crippen molar-refractivity contribution in [3.05, 3.63) is 75.3 Å². The van der Waals surface area contributed by atoms with Gasteiger partial charge >= 0.3 is 0 Å². The van der Waals surface area contributed by atoms with Crippen LogP contribution >= 0.6 is 12.2 Å². The summed E-state index contributed by atoms with van der Waals surface area (Å²) in [5.41, 5.74) is 1.38. The molecule has 4 rings (SSSR count). The zero-order valence-electron chi connectivity index (χ0n) is 19.5. The van der Waals surface area contributed by atoms with E-state index in [0.29, 0.717) is 50.8 Å². The lowest BCUT2D eigenvalue weighted by molar-refractivity contribution is 0.102. The number of rotatable bonds is 7. The average Bonchev–Trinajstić information content (AvgIpc) is 2.88. The summed E-state index contributed by atoms with van der Waals surface area (Å²) in [7, 11) is 6.09. The van der Waals surface area contributed by atoms with Crippen LogP contribution in [0.1, 0.15) is 10.4 Å². The van der Waals surface area contributed by atoms with Crippen molar-refractivity contribution in [2.75, 3.05) is 33.8 Å². The molecule has 0 saturated heterocycles. The Balaban J connectivity index is 1.73. The van der Waals surface area contributed by atoms with Crippen molar-refractivity contribution in [1.82, 2.24) is 9.55 Å². The highest BCUT2D eigenvalue weighted by molar-refractivity contribution is 7.71. The lowest BCUT2D eigenvalue weighted by atomic mass is 10.1. The lowest BCUT2D eigenvalue weighted by Gasteiger charge is -2.14. The van der Waals surface area contributed by atoms with Gasteiger partial charge in [-0.1, -0.05) is 0 Å². The quantitative estimate of drug-likeness (QED) is 0.369. The van der Waals surface area contributed by atoms with Crippen molar-refractivity contribution in [3.8, 4) is 28.7 Å². The second-order valence-electron chi connectivity index (χ2n) is 7.39. The minimum atomic E-state index is -0.364. The predicted octanol–water partition coefficient (Wildman–Crippen LogP) is 4.33. The Labute approximate surface area is 205 Å². The average molecular weight is 494 g/mol. The Bertz CT molecular complexity index is 1540. The molecule has 0 saturated carbocycles. The maximum atomic E-state index is 13.4. The second-order valence-corrected chi connectivity index (χ2v) is 7.78. The lowest BCUT2D eigenvalue weighted by Crippen LogP contribution is -2.21. The summed E-state index contributed by atoms with van der Waals surface area (Å²) < 4.78 is 22.7. The zero-order valence-corrected chi connectivity index (χ0v) is 20.3. The number of fused-ring (bicyclic) bond motifs is 1. The molecule has 1 heterocycles. The summed E-state index contributed by atoms with van der Waals surface area (Å²) in [5.74, 6) is 1.67. The first kappa shape index (κ1) is 23.8. The van der Waals surface area contributed by atoms with Crippen LogP contribution in [0.4, 0.5) is 5.69 Å². The summed E-state index contributed by atoms with van der Waals surface area (Å²) in [6.45, 7) is 0. The number of nitrogens with one attached hydrogen (secondary N) is 2. The molecule has 0 bridgehead atoms. The van der Waals surface area contributed by atoms with Crippen molar-refractivity contribution >= 4 is 34.7 Å². The van der Waals surface area contributed by atoms with Gasteiger partial charge in [0.1, 0.15) is 11.5 Å². The Morgan fingerprint density at radius 3 is 2.26 bits per heavy atom. The van der Waals surface area contributed by atoms with Crippen LogP contribution in [0.5, 0.6) is 23.0 Å². The normalized spacial score (nSPS) is 10.6. The van der Waals surface area contributed by atoms with Gasteiger partial charge in [-0.3, -0.25) is 9.59 Å². The van der Waals surface area contributed by atoms with E-state index in [2.05, 4.69) is 10.3 Å². The molecule has 0 aliphatic rings. The van der Waals surface area contributed by atoms with E-state index in [9.17, 15) is 9.59 Å². The molecule has 0 spiro atoms. The van der Waals surface area contributed by atoms with Crippen LogP contribution in [0.15, 0.2) is 59.4 Å². The zero-order chi connectivity index (χ0) is 25.1. The summed E-state index contributed by atoms with van der Waals surface area (Å²) in [5, 5.41) is 3.17. The molecule has 9 nitrogen and oxygen atoms in total. The molecular formula is C25H23N3O6S. The molecule has 4 aromatic rings. The summed E-state index contributed by atoms with van der Waals surface area (Å²) in [6, 6.07) is 14.9. The van der Waals surface area contributed by atoms with Crippen molar-refractivity contribution < 1.29 is 23.7 Å². The largest absolute Gasteiger partial charge is 0.497 e. The van der Waals surface area contributed by atoms with Gasteiger partial charge in [0.05, 0.1) is 45.0 Å². The molecule has 0 aliphatic carbocycles. The van der Waals surface area contributed by atoms with E-state index in [-0.39, 0.29) is 16.2 Å². The van der Waals surface area contributed by atoms with E-state index >= 15 is 0 Å². The number of aromatic nitrogens is 2. The minimum absolute atomic E-state index is 0.145. The Morgan fingerprint density at radius 2 is 1.57 bits per heavy atom. The monoisotopic (exact) mass is 493 g/mol. The number of anilines is 1. The first-order valence-electron chi connectivity index (χ1n) is 10.4. The number of ether oxygens (including phenoxy) is 4. The van der Waals surface area contributed by atoms with Gasteiger partial charge in [-0.05, 0) is 54.7 Å². The van der Waals surface area contributed by atoms with E-state index in [0.717, 1.165) is 0 Å². The highest BCUT2D eigenvalue weighted by Crippen LogP contribution is 2.30. The van der Waals surface area contributed by atoms with Gasteiger partial charge in [0.25, 0.3) is 11.5 Å². The highest BCUT2D eigenvalue weighted by Gasteiger charge is 2.15. The number of H-pyrrole nitrogens is 1. The molecule has 1 aromatic heterocycles. The number of hydrogen-bond acceptors (Lipinski definition) is 7. The van der Waals surface area contributed by atoms with E-state index in [4.69, 9.17) is 31.2 Å². The van der Waals surface area contributed by atoms with E-state index < -0.39 is 0 Å². The van der Waals surface area contributed by atoms with Crippen molar-refractivity contribution in [3.63, 3.8) is 0 Å². The van der Waals surface area contributed by atoms with Crippen molar-refractivity contribution in [2.45, 2.75) is 0 Å². The van der Waals surface area contributed by atoms with Crippen LogP contribution in [-0.2, 0) is 0 Å². The SMILES string of the molecule is COc1ccc(OC)c(-n2c(=S)[nH]c3cc(C(=O)Nc4ccc(OC)c(OC)c4)ccc3c2=O)c1. The van der Waals surface area contributed by atoms with Crippen LogP contribution < -0.4 is 29.8 Å². The molecule has 0 unspecified atom stereocenters. The molecule has 1 amide bonds. The Hall–Kier alpha value is -4.31. The molecule has 2 N–H and O–H groups in total. The standard InChI is InChI=1S/C25H23N3O6S/c1-31-16-7-10-20(32-2)19(13-16)28-24(30)17-8-5-14(11-18(17)27-25(28)35)23(29)26-15-6-9-21(33-3)22(12-15)34-4/h5-13H,1-4H3,(H,26,29)(H,27,35). The minimum Gasteiger partial charge on any atom is -0.497 e. The molecule has 3 aromatic carbocycles. The van der Waals surface area contributed by atoms with Crippen LogP contribution in [-0.4, -0.2) is 43.9 Å². The smallest absolute Gasteiger partial charge is 0.266 e. The molecule has 180 valence electrons. The van der Waals surface area contributed by atoms with E-state index in [1.165, 1.54) is 33.0 Å². The van der Waals surface area contributed by atoms with Gasteiger partial charge in [-0.25, -0.2) is 4.57 Å². The van der Waals surface area contributed by atoms with Crippen LogP contribution in [0.25, 0.3) is 16.6 Å². The van der Waals surface area contributed by atoms with Gasteiger partial charge < -0.3 is 29.2 Å².